The monoisotopic (exact) mass is 263 g/mol. The van der Waals surface area contributed by atoms with Crippen molar-refractivity contribution in [2.75, 3.05) is 19.7 Å². The highest BCUT2D eigenvalue weighted by Crippen LogP contribution is 2.20. The molecule has 1 fully saturated rings. The SMILES string of the molecule is CC(=O)N1CCC(COc2ncnc(C)c2C)CC1. The second-order valence-corrected chi connectivity index (χ2v) is 5.15. The molecule has 0 bridgehead atoms. The van der Waals surface area contributed by atoms with Gasteiger partial charge in [0.2, 0.25) is 11.8 Å². The summed E-state index contributed by atoms with van der Waals surface area (Å²) in [4.78, 5) is 21.4. The van der Waals surface area contributed by atoms with Crippen LogP contribution in [0.2, 0.25) is 0 Å². The number of hydrogen-bond acceptors (Lipinski definition) is 4. The number of carbonyl (C=O) groups is 1. The van der Waals surface area contributed by atoms with Crippen LogP contribution in [0.25, 0.3) is 0 Å². The number of piperidine rings is 1. The van der Waals surface area contributed by atoms with Gasteiger partial charge in [0.1, 0.15) is 6.33 Å². The van der Waals surface area contributed by atoms with Crippen LogP contribution < -0.4 is 4.74 Å². The molecule has 1 amide bonds. The third kappa shape index (κ3) is 3.43. The fourth-order valence-electron chi connectivity index (χ4n) is 2.27. The summed E-state index contributed by atoms with van der Waals surface area (Å²) in [5, 5.41) is 0. The fourth-order valence-corrected chi connectivity index (χ4v) is 2.27. The van der Waals surface area contributed by atoms with Crippen LogP contribution in [0.1, 0.15) is 31.0 Å². The van der Waals surface area contributed by atoms with Gasteiger partial charge in [-0.3, -0.25) is 4.79 Å². The topological polar surface area (TPSA) is 55.3 Å². The molecule has 0 aliphatic carbocycles. The van der Waals surface area contributed by atoms with Crippen molar-refractivity contribution in [3.05, 3.63) is 17.6 Å². The highest BCUT2D eigenvalue weighted by Gasteiger charge is 2.21. The molecule has 0 aromatic carbocycles. The van der Waals surface area contributed by atoms with Gasteiger partial charge >= 0.3 is 0 Å². The van der Waals surface area contributed by atoms with Crippen LogP contribution in [0, 0.1) is 19.8 Å². The summed E-state index contributed by atoms with van der Waals surface area (Å²) in [7, 11) is 0. The van der Waals surface area contributed by atoms with Crippen molar-refractivity contribution >= 4 is 5.91 Å². The van der Waals surface area contributed by atoms with Crippen molar-refractivity contribution < 1.29 is 9.53 Å². The van der Waals surface area contributed by atoms with Gasteiger partial charge in [-0.15, -0.1) is 0 Å². The molecule has 1 saturated heterocycles. The maximum absolute atomic E-state index is 11.2. The maximum atomic E-state index is 11.2. The molecule has 104 valence electrons. The minimum absolute atomic E-state index is 0.168. The average molecular weight is 263 g/mol. The standard InChI is InChI=1S/C14H21N3O2/c1-10-11(2)15-9-16-14(10)19-8-13-4-6-17(7-5-13)12(3)18/h9,13H,4-8H2,1-3H3. The Balaban J connectivity index is 1.84. The second kappa shape index (κ2) is 5.99. The number of rotatable bonds is 3. The summed E-state index contributed by atoms with van der Waals surface area (Å²) >= 11 is 0. The Bertz CT molecular complexity index is 454. The summed E-state index contributed by atoms with van der Waals surface area (Å²) in [6.45, 7) is 7.90. The molecule has 19 heavy (non-hydrogen) atoms. The summed E-state index contributed by atoms with van der Waals surface area (Å²) < 4.78 is 5.80. The first-order valence-corrected chi connectivity index (χ1v) is 6.74. The Labute approximate surface area is 114 Å². The highest BCUT2D eigenvalue weighted by molar-refractivity contribution is 5.73. The molecule has 1 aromatic rings. The molecule has 2 heterocycles. The van der Waals surface area contributed by atoms with Crippen molar-refractivity contribution in [3.63, 3.8) is 0 Å². The molecule has 5 heteroatoms. The third-order valence-electron chi connectivity index (χ3n) is 3.81. The van der Waals surface area contributed by atoms with Crippen molar-refractivity contribution in [2.24, 2.45) is 5.92 Å². The Morgan fingerprint density at radius 3 is 2.68 bits per heavy atom. The number of likely N-dealkylation sites (tertiary alicyclic amines) is 1. The molecule has 0 atom stereocenters. The number of nitrogens with zero attached hydrogens (tertiary/aromatic N) is 3. The number of hydrogen-bond donors (Lipinski definition) is 0. The van der Waals surface area contributed by atoms with Crippen LogP contribution in [0.4, 0.5) is 0 Å². The average Bonchev–Trinajstić information content (AvgIpc) is 2.41. The Morgan fingerprint density at radius 1 is 1.37 bits per heavy atom. The minimum Gasteiger partial charge on any atom is -0.477 e. The molecule has 1 aliphatic heterocycles. The van der Waals surface area contributed by atoms with E-state index in [1.165, 1.54) is 6.33 Å². The Kier molecular flexibility index (Phi) is 4.35. The first kappa shape index (κ1) is 13.8. The Morgan fingerprint density at radius 2 is 2.05 bits per heavy atom. The zero-order valence-corrected chi connectivity index (χ0v) is 11.8. The molecule has 0 unspecified atom stereocenters. The van der Waals surface area contributed by atoms with E-state index in [0.717, 1.165) is 37.2 Å². The lowest BCUT2D eigenvalue weighted by atomic mass is 9.98. The smallest absolute Gasteiger partial charge is 0.219 e. The van der Waals surface area contributed by atoms with Gasteiger partial charge in [-0.2, -0.15) is 0 Å². The number of carbonyl (C=O) groups excluding carboxylic acids is 1. The molecular formula is C14H21N3O2. The van der Waals surface area contributed by atoms with Gasteiger partial charge in [-0.05, 0) is 32.6 Å². The molecule has 1 aliphatic rings. The first-order valence-electron chi connectivity index (χ1n) is 6.74. The van der Waals surface area contributed by atoms with Crippen LogP contribution in [0.5, 0.6) is 5.88 Å². The van der Waals surface area contributed by atoms with Gasteiger partial charge < -0.3 is 9.64 Å². The van der Waals surface area contributed by atoms with Crippen LogP contribution >= 0.6 is 0 Å². The van der Waals surface area contributed by atoms with E-state index >= 15 is 0 Å². The van der Waals surface area contributed by atoms with E-state index in [2.05, 4.69) is 9.97 Å². The molecule has 0 spiro atoms. The van der Waals surface area contributed by atoms with E-state index in [1.54, 1.807) is 6.92 Å². The first-order chi connectivity index (χ1) is 9.08. The van der Waals surface area contributed by atoms with Crippen LogP contribution in [0.15, 0.2) is 6.33 Å². The number of aromatic nitrogens is 2. The summed E-state index contributed by atoms with van der Waals surface area (Å²) in [5.41, 5.74) is 1.96. The normalized spacial score (nSPS) is 16.5. The van der Waals surface area contributed by atoms with Gasteiger partial charge in [0.15, 0.2) is 0 Å². The number of ether oxygens (including phenoxy) is 1. The summed E-state index contributed by atoms with van der Waals surface area (Å²) in [6, 6.07) is 0. The van der Waals surface area contributed by atoms with Crippen LogP contribution in [0.3, 0.4) is 0 Å². The Hall–Kier alpha value is -1.65. The van der Waals surface area contributed by atoms with E-state index in [1.807, 2.05) is 18.7 Å². The van der Waals surface area contributed by atoms with E-state index in [4.69, 9.17) is 4.74 Å². The molecule has 0 N–H and O–H groups in total. The lowest BCUT2D eigenvalue weighted by Crippen LogP contribution is -2.38. The summed E-state index contributed by atoms with van der Waals surface area (Å²) in [5.74, 6) is 1.36. The predicted molar refractivity (Wildman–Crippen MR) is 72.0 cm³/mol. The van der Waals surface area contributed by atoms with Gasteiger partial charge in [0.25, 0.3) is 0 Å². The van der Waals surface area contributed by atoms with E-state index < -0.39 is 0 Å². The summed E-state index contributed by atoms with van der Waals surface area (Å²) in [6.07, 6.45) is 3.54. The van der Waals surface area contributed by atoms with Crippen molar-refractivity contribution in [2.45, 2.75) is 33.6 Å². The highest BCUT2D eigenvalue weighted by atomic mass is 16.5. The van der Waals surface area contributed by atoms with E-state index in [-0.39, 0.29) is 5.91 Å². The van der Waals surface area contributed by atoms with Crippen molar-refractivity contribution in [1.82, 2.24) is 14.9 Å². The lowest BCUT2D eigenvalue weighted by molar-refractivity contribution is -0.130. The van der Waals surface area contributed by atoms with Crippen LogP contribution in [-0.2, 0) is 4.79 Å². The second-order valence-electron chi connectivity index (χ2n) is 5.15. The quantitative estimate of drug-likeness (QED) is 0.833. The molecule has 2 rings (SSSR count). The van der Waals surface area contributed by atoms with Gasteiger partial charge in [-0.25, -0.2) is 9.97 Å². The third-order valence-corrected chi connectivity index (χ3v) is 3.81. The van der Waals surface area contributed by atoms with E-state index in [0.29, 0.717) is 18.4 Å². The van der Waals surface area contributed by atoms with Crippen LogP contribution in [-0.4, -0.2) is 40.5 Å². The molecule has 0 saturated carbocycles. The maximum Gasteiger partial charge on any atom is 0.219 e. The number of aryl methyl sites for hydroxylation is 1. The molecule has 0 radical (unpaired) electrons. The lowest BCUT2D eigenvalue weighted by Gasteiger charge is -2.31. The molecule has 1 aromatic heterocycles. The fraction of sp³-hybridized carbons (Fsp3) is 0.643. The zero-order chi connectivity index (χ0) is 13.8. The largest absolute Gasteiger partial charge is 0.477 e. The van der Waals surface area contributed by atoms with Crippen molar-refractivity contribution in [3.8, 4) is 5.88 Å². The predicted octanol–water partition coefficient (Wildman–Crippen LogP) is 1.73. The van der Waals surface area contributed by atoms with Gasteiger partial charge in [0.05, 0.1) is 6.61 Å². The minimum atomic E-state index is 0.168. The molecule has 5 nitrogen and oxygen atoms in total. The zero-order valence-electron chi connectivity index (χ0n) is 11.8. The molecular weight excluding hydrogens is 242 g/mol. The van der Waals surface area contributed by atoms with Gasteiger partial charge in [0, 0.05) is 31.3 Å². The van der Waals surface area contributed by atoms with E-state index in [9.17, 15) is 4.79 Å². The number of amides is 1. The van der Waals surface area contributed by atoms with Crippen molar-refractivity contribution in [1.29, 1.82) is 0 Å². The van der Waals surface area contributed by atoms with Gasteiger partial charge in [-0.1, -0.05) is 0 Å².